The lowest BCUT2D eigenvalue weighted by molar-refractivity contribution is 0.0789. The number of methoxy groups -OCH3 is 2. The highest BCUT2D eigenvalue weighted by Crippen LogP contribution is 2.33. The van der Waals surface area contributed by atoms with Crippen LogP contribution in [0.4, 0.5) is 8.78 Å². The highest BCUT2D eigenvalue weighted by Gasteiger charge is 2.21. The third-order valence-corrected chi connectivity index (χ3v) is 8.81. The minimum atomic E-state index is -0.331. The van der Waals surface area contributed by atoms with E-state index < -0.39 is 0 Å². The standard InChI is InChI=1S/2C22H20FN5O3/c1-3-30-14-28-21(20(26-27-28)15-4-6-16(23)7-5-15)19-12-13-24-22(25-19)31-18-10-8-17(29-2)9-11-18;1-3-30-14-28-21(20(26-27-28)15-7-9-16(23)10-8-15)19-11-12-24-22(25-19)31-18-6-4-5-17(13-18)29-2/h2*4-13H,3,14H2,1-2H3. The monoisotopic (exact) mass is 842 g/mol. The Balaban J connectivity index is 0.000000186. The molecule has 0 saturated heterocycles. The van der Waals surface area contributed by atoms with Crippen molar-refractivity contribution in [2.24, 2.45) is 0 Å². The van der Waals surface area contributed by atoms with Gasteiger partial charge >= 0.3 is 12.0 Å². The van der Waals surface area contributed by atoms with Gasteiger partial charge in [-0.2, -0.15) is 9.97 Å². The Bertz CT molecular complexity index is 2680. The number of nitrogens with zero attached hydrogens (tertiary/aromatic N) is 10. The maximum absolute atomic E-state index is 13.4. The lowest BCUT2D eigenvalue weighted by Crippen LogP contribution is -2.07. The topological polar surface area (TPSA) is 168 Å². The Morgan fingerprint density at radius 1 is 0.516 bits per heavy atom. The van der Waals surface area contributed by atoms with Gasteiger partial charge < -0.3 is 28.4 Å². The Morgan fingerprint density at radius 2 is 0.968 bits per heavy atom. The number of halogens is 2. The molecule has 316 valence electrons. The SMILES string of the molecule is CCOCn1nnc(-c2ccc(F)cc2)c1-c1ccnc(Oc2ccc(OC)cc2)n1.CCOCn1nnc(-c2ccc(F)cc2)c1-c1ccnc(Oc2cccc(OC)c2)n1. The fourth-order valence-corrected chi connectivity index (χ4v) is 5.84. The summed E-state index contributed by atoms with van der Waals surface area (Å²) < 4.78 is 63.0. The van der Waals surface area contributed by atoms with Crippen LogP contribution >= 0.6 is 0 Å². The van der Waals surface area contributed by atoms with E-state index in [9.17, 15) is 8.78 Å². The van der Waals surface area contributed by atoms with Crippen molar-refractivity contribution < 1.29 is 37.2 Å². The molecule has 4 aromatic carbocycles. The predicted molar refractivity (Wildman–Crippen MR) is 222 cm³/mol. The molecule has 8 rings (SSSR count). The lowest BCUT2D eigenvalue weighted by Gasteiger charge is -2.10. The first-order valence-corrected chi connectivity index (χ1v) is 19.2. The highest BCUT2D eigenvalue weighted by atomic mass is 19.1. The quantitative estimate of drug-likeness (QED) is 0.0906. The van der Waals surface area contributed by atoms with Gasteiger partial charge in [0.15, 0.2) is 0 Å². The van der Waals surface area contributed by atoms with Crippen molar-refractivity contribution in [1.82, 2.24) is 49.9 Å². The summed E-state index contributed by atoms with van der Waals surface area (Å²) in [5.41, 5.74) is 4.81. The van der Waals surface area contributed by atoms with E-state index in [1.54, 1.807) is 109 Å². The molecule has 0 aliphatic rings. The molecule has 0 atom stereocenters. The van der Waals surface area contributed by atoms with Crippen molar-refractivity contribution in [3.8, 4) is 80.3 Å². The zero-order valence-electron chi connectivity index (χ0n) is 34.1. The number of benzene rings is 4. The van der Waals surface area contributed by atoms with E-state index in [-0.39, 0.29) is 37.1 Å². The summed E-state index contributed by atoms with van der Waals surface area (Å²) in [4.78, 5) is 17.5. The second kappa shape index (κ2) is 20.5. The first-order chi connectivity index (χ1) is 30.3. The summed E-state index contributed by atoms with van der Waals surface area (Å²) >= 11 is 0. The molecular formula is C44H40F2N10O6. The van der Waals surface area contributed by atoms with Crippen LogP contribution in [-0.4, -0.2) is 77.4 Å². The van der Waals surface area contributed by atoms with E-state index in [0.717, 1.165) is 5.75 Å². The van der Waals surface area contributed by atoms with Crippen LogP contribution < -0.4 is 18.9 Å². The van der Waals surface area contributed by atoms with Gasteiger partial charge in [0, 0.05) is 42.8 Å². The summed E-state index contributed by atoms with van der Waals surface area (Å²) in [6, 6.07) is 30.1. The molecular weight excluding hydrogens is 803 g/mol. The summed E-state index contributed by atoms with van der Waals surface area (Å²) in [6.45, 7) is 5.19. The largest absolute Gasteiger partial charge is 0.497 e. The smallest absolute Gasteiger partial charge is 0.322 e. The van der Waals surface area contributed by atoms with Crippen LogP contribution in [0.5, 0.6) is 35.0 Å². The van der Waals surface area contributed by atoms with Gasteiger partial charge in [0.05, 0.1) is 25.6 Å². The third-order valence-electron chi connectivity index (χ3n) is 8.81. The molecule has 0 fully saturated rings. The fraction of sp³-hybridized carbons (Fsp3) is 0.182. The van der Waals surface area contributed by atoms with Crippen LogP contribution in [0.1, 0.15) is 13.8 Å². The molecule has 16 nitrogen and oxygen atoms in total. The number of hydrogen-bond acceptors (Lipinski definition) is 14. The summed E-state index contributed by atoms with van der Waals surface area (Å²) in [5, 5.41) is 16.9. The third kappa shape index (κ3) is 10.5. The van der Waals surface area contributed by atoms with Gasteiger partial charge in [-0.1, -0.05) is 16.5 Å². The van der Waals surface area contributed by atoms with Crippen LogP contribution in [-0.2, 0) is 22.9 Å². The summed E-state index contributed by atoms with van der Waals surface area (Å²) in [6.07, 6.45) is 3.18. The van der Waals surface area contributed by atoms with Crippen molar-refractivity contribution in [3.63, 3.8) is 0 Å². The second-order valence-electron chi connectivity index (χ2n) is 12.8. The van der Waals surface area contributed by atoms with Crippen molar-refractivity contribution >= 4 is 0 Å². The number of rotatable bonds is 16. The van der Waals surface area contributed by atoms with Crippen LogP contribution in [0.25, 0.3) is 45.3 Å². The molecule has 4 heterocycles. The summed E-state index contributed by atoms with van der Waals surface area (Å²) in [7, 11) is 3.18. The van der Waals surface area contributed by atoms with Gasteiger partial charge in [-0.15, -0.1) is 10.2 Å². The number of ether oxygens (including phenoxy) is 6. The van der Waals surface area contributed by atoms with Crippen LogP contribution in [0.15, 0.2) is 122 Å². The lowest BCUT2D eigenvalue weighted by atomic mass is 10.1. The Morgan fingerprint density at radius 3 is 1.44 bits per heavy atom. The van der Waals surface area contributed by atoms with E-state index >= 15 is 0 Å². The van der Waals surface area contributed by atoms with Crippen LogP contribution in [0.2, 0.25) is 0 Å². The average molecular weight is 843 g/mol. The second-order valence-corrected chi connectivity index (χ2v) is 12.8. The van der Waals surface area contributed by atoms with Crippen molar-refractivity contribution in [2.75, 3.05) is 27.4 Å². The highest BCUT2D eigenvalue weighted by molar-refractivity contribution is 5.77. The van der Waals surface area contributed by atoms with Crippen molar-refractivity contribution in [3.05, 3.63) is 133 Å². The molecule has 8 aromatic rings. The minimum absolute atomic E-state index is 0.153. The van der Waals surface area contributed by atoms with Gasteiger partial charge in [0.1, 0.15) is 70.9 Å². The van der Waals surface area contributed by atoms with E-state index in [1.807, 2.05) is 26.0 Å². The molecule has 62 heavy (non-hydrogen) atoms. The fourth-order valence-electron chi connectivity index (χ4n) is 5.84. The molecule has 0 aliphatic carbocycles. The van der Waals surface area contributed by atoms with Crippen molar-refractivity contribution in [2.45, 2.75) is 27.3 Å². The molecule has 0 bridgehead atoms. The molecule has 4 aromatic heterocycles. The van der Waals surface area contributed by atoms with Gasteiger partial charge in [-0.25, -0.2) is 28.1 Å². The Labute approximate surface area is 354 Å². The zero-order valence-corrected chi connectivity index (χ0v) is 34.1. The molecule has 0 unspecified atom stereocenters. The molecule has 0 N–H and O–H groups in total. The molecule has 0 amide bonds. The van der Waals surface area contributed by atoms with Crippen molar-refractivity contribution in [1.29, 1.82) is 0 Å². The minimum Gasteiger partial charge on any atom is -0.497 e. The maximum atomic E-state index is 13.4. The van der Waals surface area contributed by atoms with E-state index in [4.69, 9.17) is 28.4 Å². The molecule has 0 radical (unpaired) electrons. The first-order valence-electron chi connectivity index (χ1n) is 19.2. The maximum Gasteiger partial charge on any atom is 0.322 e. The average Bonchev–Trinajstić information content (AvgIpc) is 3.94. The molecule has 0 aliphatic heterocycles. The van der Waals surface area contributed by atoms with E-state index in [0.29, 0.717) is 75.8 Å². The van der Waals surface area contributed by atoms with Gasteiger partial charge in [-0.3, -0.25) is 0 Å². The normalized spacial score (nSPS) is 10.8. The number of aromatic nitrogens is 10. The van der Waals surface area contributed by atoms with Crippen LogP contribution in [0, 0.1) is 11.6 Å². The molecule has 0 saturated carbocycles. The van der Waals surface area contributed by atoms with Gasteiger partial charge in [0.2, 0.25) is 0 Å². The predicted octanol–water partition coefficient (Wildman–Crippen LogP) is 8.67. The summed E-state index contributed by atoms with van der Waals surface area (Å²) in [5.74, 6) is 1.82. The molecule has 0 spiro atoms. The van der Waals surface area contributed by atoms with E-state index in [2.05, 4.69) is 40.6 Å². The zero-order chi connectivity index (χ0) is 43.3. The Hall–Kier alpha value is -7.70. The Kier molecular flexibility index (Phi) is 14.0. The molecule has 18 heteroatoms. The first kappa shape index (κ1) is 42.4. The number of hydrogen-bond donors (Lipinski definition) is 0. The van der Waals surface area contributed by atoms with Gasteiger partial charge in [0.25, 0.3) is 0 Å². The van der Waals surface area contributed by atoms with E-state index in [1.165, 1.54) is 24.3 Å². The van der Waals surface area contributed by atoms with Crippen LogP contribution in [0.3, 0.4) is 0 Å². The van der Waals surface area contributed by atoms with Gasteiger partial charge in [-0.05, 0) is 111 Å².